The molecule has 3 N–H and O–H groups in total. The molecule has 0 bridgehead atoms. The highest BCUT2D eigenvalue weighted by atomic mass is 16.5. The van der Waals surface area contributed by atoms with Crippen molar-refractivity contribution in [1.82, 2.24) is 9.55 Å². The van der Waals surface area contributed by atoms with Gasteiger partial charge in [-0.05, 0) is 37.6 Å². The highest BCUT2D eigenvalue weighted by Crippen LogP contribution is 2.29. The molecule has 1 amide bonds. The number of nitrogens with two attached hydrogens (primary N) is 1. The first kappa shape index (κ1) is 17.8. The Kier molecular flexibility index (Phi) is 5.38. The quantitative estimate of drug-likeness (QED) is 0.710. The molecule has 2 aromatic heterocycles. The van der Waals surface area contributed by atoms with E-state index in [-0.39, 0.29) is 6.61 Å². The molecule has 0 fully saturated rings. The minimum atomic E-state index is -0.528. The van der Waals surface area contributed by atoms with Crippen molar-refractivity contribution in [3.05, 3.63) is 48.2 Å². The molecular weight excluding hydrogens is 332 g/mol. The van der Waals surface area contributed by atoms with E-state index in [1.807, 2.05) is 29.0 Å². The molecule has 7 heteroatoms. The molecule has 0 aliphatic rings. The molecule has 0 atom stereocenters. The highest BCUT2D eigenvalue weighted by molar-refractivity contribution is 5.90. The van der Waals surface area contributed by atoms with Crippen molar-refractivity contribution in [1.29, 1.82) is 0 Å². The Labute approximate surface area is 151 Å². The minimum absolute atomic E-state index is 0.290. The zero-order valence-electron chi connectivity index (χ0n) is 14.9. The molecule has 26 heavy (non-hydrogen) atoms. The van der Waals surface area contributed by atoms with Gasteiger partial charge in [0.1, 0.15) is 0 Å². The predicted molar refractivity (Wildman–Crippen MR) is 101 cm³/mol. The number of anilines is 1. The monoisotopic (exact) mass is 354 g/mol. The van der Waals surface area contributed by atoms with Gasteiger partial charge in [0, 0.05) is 17.6 Å². The third-order valence-electron chi connectivity index (χ3n) is 4.01. The van der Waals surface area contributed by atoms with E-state index >= 15 is 0 Å². The molecule has 0 aliphatic carbocycles. The van der Waals surface area contributed by atoms with Crippen LogP contribution in [0.25, 0.3) is 16.7 Å². The standard InChI is InChI=1S/C19H22N4O3/c1-3-26-19(24)21-15-8-9-17(25-2)22-18(15)23-12-13(10-11-20)14-6-4-5-7-16(14)23/h4-9,12H,3,10-11,20H2,1-2H3,(H,21,24). The second-order valence-corrected chi connectivity index (χ2v) is 5.65. The first-order valence-corrected chi connectivity index (χ1v) is 8.46. The van der Waals surface area contributed by atoms with E-state index in [4.69, 9.17) is 15.2 Å². The molecule has 0 saturated carbocycles. The van der Waals surface area contributed by atoms with Crippen LogP contribution in [0, 0.1) is 0 Å². The summed E-state index contributed by atoms with van der Waals surface area (Å²) in [5.74, 6) is 1.00. The number of carbonyl (C=O) groups is 1. The van der Waals surface area contributed by atoms with Crippen LogP contribution in [0.1, 0.15) is 12.5 Å². The molecular formula is C19H22N4O3. The Morgan fingerprint density at radius 1 is 1.27 bits per heavy atom. The van der Waals surface area contributed by atoms with Crippen LogP contribution in [0.3, 0.4) is 0 Å². The van der Waals surface area contributed by atoms with Crippen LogP contribution in [0.2, 0.25) is 0 Å². The normalized spacial score (nSPS) is 10.7. The van der Waals surface area contributed by atoms with Crippen molar-refractivity contribution < 1.29 is 14.3 Å². The number of para-hydroxylation sites is 1. The van der Waals surface area contributed by atoms with Crippen molar-refractivity contribution in [3.8, 4) is 11.7 Å². The third kappa shape index (κ3) is 3.48. The summed E-state index contributed by atoms with van der Waals surface area (Å²) in [5, 5.41) is 3.84. The SMILES string of the molecule is CCOC(=O)Nc1ccc(OC)nc1-n1cc(CCN)c2ccccc21. The first-order chi connectivity index (χ1) is 12.7. The molecule has 3 aromatic rings. The topological polar surface area (TPSA) is 91.4 Å². The van der Waals surface area contributed by atoms with Gasteiger partial charge in [0.25, 0.3) is 0 Å². The number of carbonyl (C=O) groups excluding carboxylic acids is 1. The molecule has 7 nitrogen and oxygen atoms in total. The number of amides is 1. The number of nitrogens with zero attached hydrogens (tertiary/aromatic N) is 2. The van der Waals surface area contributed by atoms with Gasteiger partial charge in [-0.15, -0.1) is 0 Å². The molecule has 0 spiro atoms. The summed E-state index contributed by atoms with van der Waals surface area (Å²) in [5.41, 5.74) is 8.38. The number of pyridine rings is 1. The Hall–Kier alpha value is -3.06. The lowest BCUT2D eigenvalue weighted by Crippen LogP contribution is -2.15. The van der Waals surface area contributed by atoms with Gasteiger partial charge >= 0.3 is 6.09 Å². The third-order valence-corrected chi connectivity index (χ3v) is 4.01. The molecule has 0 saturated heterocycles. The fraction of sp³-hybridized carbons (Fsp3) is 0.263. The number of methoxy groups -OCH3 is 1. The molecule has 2 heterocycles. The summed E-state index contributed by atoms with van der Waals surface area (Å²) in [7, 11) is 1.55. The highest BCUT2D eigenvalue weighted by Gasteiger charge is 2.16. The largest absolute Gasteiger partial charge is 0.481 e. The number of ether oxygens (including phenoxy) is 2. The van der Waals surface area contributed by atoms with Gasteiger partial charge in [-0.25, -0.2) is 4.79 Å². The average Bonchev–Trinajstić information content (AvgIpc) is 3.01. The lowest BCUT2D eigenvalue weighted by molar-refractivity contribution is 0.168. The second kappa shape index (κ2) is 7.88. The van der Waals surface area contributed by atoms with Crippen molar-refractivity contribution in [2.45, 2.75) is 13.3 Å². The van der Waals surface area contributed by atoms with Crippen LogP contribution in [0.15, 0.2) is 42.6 Å². The average molecular weight is 354 g/mol. The molecule has 0 unspecified atom stereocenters. The van der Waals surface area contributed by atoms with Gasteiger partial charge in [0.15, 0.2) is 5.82 Å². The maximum atomic E-state index is 11.9. The van der Waals surface area contributed by atoms with Crippen molar-refractivity contribution in [2.24, 2.45) is 5.73 Å². The summed E-state index contributed by atoms with van der Waals surface area (Å²) >= 11 is 0. The lowest BCUT2D eigenvalue weighted by atomic mass is 10.1. The van der Waals surface area contributed by atoms with Crippen molar-refractivity contribution in [3.63, 3.8) is 0 Å². The van der Waals surface area contributed by atoms with Crippen LogP contribution < -0.4 is 15.8 Å². The van der Waals surface area contributed by atoms with E-state index in [1.165, 1.54) is 0 Å². The summed E-state index contributed by atoms with van der Waals surface area (Å²) in [6.45, 7) is 2.59. The molecule has 0 radical (unpaired) electrons. The van der Waals surface area contributed by atoms with Crippen molar-refractivity contribution in [2.75, 3.05) is 25.6 Å². The number of rotatable bonds is 6. The minimum Gasteiger partial charge on any atom is -0.481 e. The zero-order chi connectivity index (χ0) is 18.5. The van der Waals surface area contributed by atoms with Crippen LogP contribution in [0.5, 0.6) is 5.88 Å². The van der Waals surface area contributed by atoms with Gasteiger partial charge in [-0.3, -0.25) is 9.88 Å². The van der Waals surface area contributed by atoms with Gasteiger partial charge in [-0.2, -0.15) is 4.98 Å². The van der Waals surface area contributed by atoms with E-state index in [2.05, 4.69) is 16.4 Å². The maximum absolute atomic E-state index is 11.9. The fourth-order valence-electron chi connectivity index (χ4n) is 2.88. The molecule has 136 valence electrons. The summed E-state index contributed by atoms with van der Waals surface area (Å²) < 4.78 is 12.2. The van der Waals surface area contributed by atoms with E-state index < -0.39 is 6.09 Å². The fourth-order valence-corrected chi connectivity index (χ4v) is 2.88. The summed E-state index contributed by atoms with van der Waals surface area (Å²) in [6.07, 6.45) is 2.22. The van der Waals surface area contributed by atoms with Gasteiger partial charge in [0.2, 0.25) is 5.88 Å². The first-order valence-electron chi connectivity index (χ1n) is 8.46. The zero-order valence-corrected chi connectivity index (χ0v) is 14.9. The Balaban J connectivity index is 2.15. The number of hydrogen-bond donors (Lipinski definition) is 2. The summed E-state index contributed by atoms with van der Waals surface area (Å²) in [4.78, 5) is 16.4. The predicted octanol–water partition coefficient (Wildman–Crippen LogP) is 3.10. The molecule has 1 aromatic carbocycles. The van der Waals surface area contributed by atoms with Crippen molar-refractivity contribution >= 4 is 22.7 Å². The Bertz CT molecular complexity index is 920. The van der Waals surface area contributed by atoms with Crippen LogP contribution in [-0.4, -0.2) is 35.9 Å². The smallest absolute Gasteiger partial charge is 0.411 e. The van der Waals surface area contributed by atoms with Gasteiger partial charge < -0.3 is 15.2 Å². The van der Waals surface area contributed by atoms with Gasteiger partial charge in [-0.1, -0.05) is 18.2 Å². The van der Waals surface area contributed by atoms with E-state index in [9.17, 15) is 4.79 Å². The Morgan fingerprint density at radius 2 is 2.08 bits per heavy atom. The lowest BCUT2D eigenvalue weighted by Gasteiger charge is -2.13. The maximum Gasteiger partial charge on any atom is 0.411 e. The van der Waals surface area contributed by atoms with E-state index in [0.717, 1.165) is 22.9 Å². The van der Waals surface area contributed by atoms with Crippen LogP contribution in [-0.2, 0) is 11.2 Å². The molecule has 3 rings (SSSR count). The van der Waals surface area contributed by atoms with Crippen LogP contribution >= 0.6 is 0 Å². The van der Waals surface area contributed by atoms with Gasteiger partial charge in [0.05, 0.1) is 24.9 Å². The number of aromatic nitrogens is 2. The van der Waals surface area contributed by atoms with Crippen LogP contribution in [0.4, 0.5) is 10.5 Å². The Morgan fingerprint density at radius 3 is 2.81 bits per heavy atom. The number of nitrogens with one attached hydrogen (secondary N) is 1. The van der Waals surface area contributed by atoms with E-state index in [1.54, 1.807) is 26.2 Å². The van der Waals surface area contributed by atoms with E-state index in [0.29, 0.717) is 23.9 Å². The summed E-state index contributed by atoms with van der Waals surface area (Å²) in [6, 6.07) is 11.4. The number of benzene rings is 1. The molecule has 0 aliphatic heterocycles. The second-order valence-electron chi connectivity index (χ2n) is 5.65. The number of fused-ring (bicyclic) bond motifs is 1. The number of hydrogen-bond acceptors (Lipinski definition) is 5.